The molecule has 0 bridgehead atoms. The number of thiophene rings is 1. The lowest BCUT2D eigenvalue weighted by Gasteiger charge is -2.25. The highest BCUT2D eigenvalue weighted by atomic mass is 32.1. The van der Waals surface area contributed by atoms with Crippen molar-refractivity contribution >= 4 is 17.0 Å². The fraction of sp³-hybridized carbons (Fsp3) is 0.333. The standard InChI is InChI=1S/C15H19FN2S/c1-3-18(11-12-6-5-9-19-12)15-8-4-7-14(16)13(15)10-17-2/h4-9,17H,3,10-11H2,1-2H3. The molecule has 0 atom stereocenters. The van der Waals surface area contributed by atoms with Gasteiger partial charge in [0.2, 0.25) is 0 Å². The van der Waals surface area contributed by atoms with Gasteiger partial charge in [0.1, 0.15) is 5.82 Å². The van der Waals surface area contributed by atoms with Crippen molar-refractivity contribution < 1.29 is 4.39 Å². The Morgan fingerprint density at radius 1 is 1.26 bits per heavy atom. The molecule has 4 heteroatoms. The lowest BCUT2D eigenvalue weighted by molar-refractivity contribution is 0.599. The van der Waals surface area contributed by atoms with Gasteiger partial charge in [-0.1, -0.05) is 12.1 Å². The lowest BCUT2D eigenvalue weighted by atomic mass is 10.1. The minimum atomic E-state index is -0.142. The van der Waals surface area contributed by atoms with Crippen molar-refractivity contribution in [2.24, 2.45) is 0 Å². The maximum Gasteiger partial charge on any atom is 0.129 e. The van der Waals surface area contributed by atoms with Crippen molar-refractivity contribution in [2.75, 3.05) is 18.5 Å². The smallest absolute Gasteiger partial charge is 0.129 e. The van der Waals surface area contributed by atoms with Crippen LogP contribution in [0.15, 0.2) is 35.7 Å². The summed E-state index contributed by atoms with van der Waals surface area (Å²) in [5.41, 5.74) is 1.72. The van der Waals surface area contributed by atoms with Crippen LogP contribution in [0, 0.1) is 5.82 Å². The first-order valence-electron chi connectivity index (χ1n) is 6.45. The van der Waals surface area contributed by atoms with Crippen molar-refractivity contribution in [3.05, 3.63) is 52.0 Å². The molecule has 0 fully saturated rings. The number of benzene rings is 1. The molecule has 2 rings (SSSR count). The monoisotopic (exact) mass is 278 g/mol. The molecular weight excluding hydrogens is 259 g/mol. The molecule has 0 aliphatic rings. The van der Waals surface area contributed by atoms with Gasteiger partial charge in [0, 0.05) is 29.2 Å². The highest BCUT2D eigenvalue weighted by Gasteiger charge is 2.13. The van der Waals surface area contributed by atoms with E-state index in [1.165, 1.54) is 10.9 Å². The van der Waals surface area contributed by atoms with Crippen LogP contribution < -0.4 is 10.2 Å². The normalized spacial score (nSPS) is 10.7. The highest BCUT2D eigenvalue weighted by molar-refractivity contribution is 7.09. The van der Waals surface area contributed by atoms with Gasteiger partial charge in [0.05, 0.1) is 6.54 Å². The second kappa shape index (κ2) is 6.68. The molecule has 1 aromatic carbocycles. The largest absolute Gasteiger partial charge is 0.366 e. The average molecular weight is 278 g/mol. The van der Waals surface area contributed by atoms with E-state index in [-0.39, 0.29) is 5.82 Å². The molecule has 1 N–H and O–H groups in total. The quantitative estimate of drug-likeness (QED) is 0.868. The number of hydrogen-bond donors (Lipinski definition) is 1. The van der Waals surface area contributed by atoms with Crippen LogP contribution in [0.4, 0.5) is 10.1 Å². The van der Waals surface area contributed by atoms with Crippen LogP contribution in [0.1, 0.15) is 17.4 Å². The summed E-state index contributed by atoms with van der Waals surface area (Å²) in [4.78, 5) is 3.50. The van der Waals surface area contributed by atoms with Gasteiger partial charge in [-0.25, -0.2) is 4.39 Å². The van der Waals surface area contributed by atoms with Crippen molar-refractivity contribution in [2.45, 2.75) is 20.0 Å². The number of nitrogens with zero attached hydrogens (tertiary/aromatic N) is 1. The zero-order chi connectivity index (χ0) is 13.7. The third-order valence-electron chi connectivity index (χ3n) is 3.10. The Morgan fingerprint density at radius 3 is 2.74 bits per heavy atom. The van der Waals surface area contributed by atoms with Gasteiger partial charge in [0.15, 0.2) is 0 Å². The Balaban J connectivity index is 2.29. The van der Waals surface area contributed by atoms with Crippen LogP contribution in [0.5, 0.6) is 0 Å². The number of halogens is 1. The maximum absolute atomic E-state index is 13.9. The van der Waals surface area contributed by atoms with E-state index in [0.29, 0.717) is 6.54 Å². The van der Waals surface area contributed by atoms with Crippen LogP contribution in [0.25, 0.3) is 0 Å². The predicted octanol–water partition coefficient (Wildman–Crippen LogP) is 3.63. The molecule has 0 saturated carbocycles. The first-order chi connectivity index (χ1) is 9.26. The summed E-state index contributed by atoms with van der Waals surface area (Å²) in [5.74, 6) is -0.142. The van der Waals surface area contributed by atoms with Gasteiger partial charge in [-0.05, 0) is 37.6 Å². The van der Waals surface area contributed by atoms with Crippen molar-refractivity contribution in [1.82, 2.24) is 5.32 Å². The Bertz CT molecular complexity index is 511. The summed E-state index contributed by atoms with van der Waals surface area (Å²) < 4.78 is 13.9. The fourth-order valence-corrected chi connectivity index (χ4v) is 2.87. The Hall–Kier alpha value is -1.39. The minimum Gasteiger partial charge on any atom is -0.366 e. The van der Waals surface area contributed by atoms with Gasteiger partial charge >= 0.3 is 0 Å². The highest BCUT2D eigenvalue weighted by Crippen LogP contribution is 2.25. The fourth-order valence-electron chi connectivity index (χ4n) is 2.15. The molecule has 1 heterocycles. The summed E-state index contributed by atoms with van der Waals surface area (Å²) >= 11 is 1.73. The van der Waals surface area contributed by atoms with Gasteiger partial charge in [-0.15, -0.1) is 11.3 Å². The molecular formula is C15H19FN2S. The average Bonchev–Trinajstić information content (AvgIpc) is 2.92. The topological polar surface area (TPSA) is 15.3 Å². The lowest BCUT2D eigenvalue weighted by Crippen LogP contribution is -2.24. The van der Waals surface area contributed by atoms with Crippen molar-refractivity contribution in [3.8, 4) is 0 Å². The third kappa shape index (κ3) is 3.33. The molecule has 0 aliphatic heterocycles. The molecule has 102 valence electrons. The third-order valence-corrected chi connectivity index (χ3v) is 3.96. The van der Waals surface area contributed by atoms with Gasteiger partial charge in [0.25, 0.3) is 0 Å². The first-order valence-corrected chi connectivity index (χ1v) is 7.33. The Labute approximate surface area is 117 Å². The second-order valence-electron chi connectivity index (χ2n) is 4.36. The van der Waals surface area contributed by atoms with E-state index in [4.69, 9.17) is 0 Å². The van der Waals surface area contributed by atoms with E-state index < -0.39 is 0 Å². The molecule has 1 aromatic heterocycles. The summed E-state index contributed by atoms with van der Waals surface area (Å²) in [7, 11) is 1.84. The van der Waals surface area contributed by atoms with Crippen molar-refractivity contribution in [1.29, 1.82) is 0 Å². The van der Waals surface area contributed by atoms with E-state index in [1.54, 1.807) is 17.4 Å². The summed E-state index contributed by atoms with van der Waals surface area (Å²) in [6.45, 7) is 4.33. The summed E-state index contributed by atoms with van der Waals surface area (Å²) in [6.07, 6.45) is 0. The zero-order valence-corrected chi connectivity index (χ0v) is 12.1. The van der Waals surface area contributed by atoms with Gasteiger partial charge in [-0.3, -0.25) is 0 Å². The van der Waals surface area contributed by atoms with Crippen LogP contribution >= 0.6 is 11.3 Å². The van der Waals surface area contributed by atoms with Gasteiger partial charge < -0.3 is 10.2 Å². The molecule has 0 aliphatic carbocycles. The molecule has 0 saturated heterocycles. The Kier molecular flexibility index (Phi) is 4.93. The van der Waals surface area contributed by atoms with Crippen LogP contribution in [0.2, 0.25) is 0 Å². The van der Waals surface area contributed by atoms with E-state index in [9.17, 15) is 4.39 Å². The van der Waals surface area contributed by atoms with E-state index >= 15 is 0 Å². The SMILES string of the molecule is CCN(Cc1cccs1)c1cccc(F)c1CNC. The maximum atomic E-state index is 13.9. The van der Waals surface area contributed by atoms with Crippen molar-refractivity contribution in [3.63, 3.8) is 0 Å². The number of anilines is 1. The van der Waals surface area contributed by atoms with E-state index in [2.05, 4.69) is 28.6 Å². The summed E-state index contributed by atoms with van der Waals surface area (Å²) in [5, 5.41) is 5.11. The van der Waals surface area contributed by atoms with Crippen LogP contribution in [0.3, 0.4) is 0 Å². The van der Waals surface area contributed by atoms with Crippen LogP contribution in [-0.2, 0) is 13.1 Å². The minimum absolute atomic E-state index is 0.142. The molecule has 0 amide bonds. The number of rotatable bonds is 6. The van der Waals surface area contributed by atoms with E-state index in [0.717, 1.165) is 24.3 Å². The number of hydrogen-bond acceptors (Lipinski definition) is 3. The first kappa shape index (κ1) is 14.0. The van der Waals surface area contributed by atoms with E-state index in [1.807, 2.05) is 19.2 Å². The molecule has 0 spiro atoms. The molecule has 2 aromatic rings. The Morgan fingerprint density at radius 2 is 2.11 bits per heavy atom. The van der Waals surface area contributed by atoms with Crippen LogP contribution in [-0.4, -0.2) is 13.6 Å². The predicted molar refractivity (Wildman–Crippen MR) is 80.2 cm³/mol. The molecule has 2 nitrogen and oxygen atoms in total. The second-order valence-corrected chi connectivity index (χ2v) is 5.39. The molecule has 0 unspecified atom stereocenters. The summed E-state index contributed by atoms with van der Waals surface area (Å²) in [6, 6.07) is 9.46. The molecule has 19 heavy (non-hydrogen) atoms. The molecule has 0 radical (unpaired) electrons. The number of nitrogens with one attached hydrogen (secondary N) is 1. The van der Waals surface area contributed by atoms with Gasteiger partial charge in [-0.2, -0.15) is 0 Å². The zero-order valence-electron chi connectivity index (χ0n) is 11.3.